The van der Waals surface area contributed by atoms with E-state index >= 15 is 0 Å². The van der Waals surface area contributed by atoms with Gasteiger partial charge in [-0.25, -0.2) is 14.8 Å². The average Bonchev–Trinajstić information content (AvgIpc) is 2.79. The number of benzene rings is 2. The number of rotatable bonds is 4. The smallest absolute Gasteiger partial charge is 0.349 e. The van der Waals surface area contributed by atoms with Crippen LogP contribution in [0, 0.1) is 18.3 Å². The number of nitrogens with zero attached hydrogens (tertiary/aromatic N) is 3. The first-order valence-corrected chi connectivity index (χ1v) is 10.00. The minimum absolute atomic E-state index is 0.0314. The number of nitrogens with two attached hydrogens (primary N) is 1. The lowest BCUT2D eigenvalue weighted by Gasteiger charge is -2.12. The minimum Gasteiger partial charge on any atom is -0.506 e. The lowest BCUT2D eigenvalue weighted by atomic mass is 9.98. The van der Waals surface area contributed by atoms with E-state index in [1.54, 1.807) is 69.5 Å². The molecule has 2 heterocycles. The Hall–Kier alpha value is -4.64. The molecule has 3 N–H and O–H groups in total. The molecule has 8 heteroatoms. The highest BCUT2D eigenvalue weighted by Gasteiger charge is 2.22. The third kappa shape index (κ3) is 3.88. The fraction of sp³-hybridized carbons (Fsp3) is 0.120. The first kappa shape index (κ1) is 21.6. The Morgan fingerprint density at radius 2 is 1.97 bits per heavy atom. The second-order valence-corrected chi connectivity index (χ2v) is 7.41. The second kappa shape index (κ2) is 8.48. The van der Waals surface area contributed by atoms with Crippen molar-refractivity contribution in [3.05, 3.63) is 70.1 Å². The summed E-state index contributed by atoms with van der Waals surface area (Å²) in [6.07, 6.45) is 0. The van der Waals surface area contributed by atoms with Crippen LogP contribution in [0.4, 0.5) is 5.82 Å². The molecule has 4 aromatic rings. The number of aromatic hydroxyl groups is 1. The van der Waals surface area contributed by atoms with E-state index in [0.29, 0.717) is 33.4 Å². The zero-order chi connectivity index (χ0) is 23.7. The number of nitriles is 1. The Morgan fingerprint density at radius 3 is 2.61 bits per heavy atom. The van der Waals surface area contributed by atoms with Gasteiger partial charge in [-0.15, -0.1) is 0 Å². The SMILES string of the molecule is COc1ccc(-c2cc(-c3c(O)c4cccc(C)c4oc3=O)nc(/N=C(/C)N)c2C#N)cc1. The summed E-state index contributed by atoms with van der Waals surface area (Å²) >= 11 is 0. The van der Waals surface area contributed by atoms with Crippen LogP contribution in [0.5, 0.6) is 11.5 Å². The molecule has 0 radical (unpaired) electrons. The van der Waals surface area contributed by atoms with Crippen molar-refractivity contribution >= 4 is 22.6 Å². The fourth-order valence-corrected chi connectivity index (χ4v) is 3.59. The Labute approximate surface area is 189 Å². The van der Waals surface area contributed by atoms with Gasteiger partial charge in [0.15, 0.2) is 5.82 Å². The highest BCUT2D eigenvalue weighted by atomic mass is 16.5. The van der Waals surface area contributed by atoms with Crippen LogP contribution in [0.2, 0.25) is 0 Å². The van der Waals surface area contributed by atoms with Crippen molar-refractivity contribution in [2.75, 3.05) is 7.11 Å². The zero-order valence-electron chi connectivity index (χ0n) is 18.2. The third-order valence-corrected chi connectivity index (χ3v) is 5.15. The first-order chi connectivity index (χ1) is 15.8. The van der Waals surface area contributed by atoms with Crippen molar-refractivity contribution in [2.24, 2.45) is 10.7 Å². The molecule has 164 valence electrons. The van der Waals surface area contributed by atoms with Gasteiger partial charge in [0.25, 0.3) is 0 Å². The number of pyridine rings is 1. The number of aromatic nitrogens is 1. The summed E-state index contributed by atoms with van der Waals surface area (Å²) in [5.74, 6) is 0.596. The summed E-state index contributed by atoms with van der Waals surface area (Å²) in [6.45, 7) is 3.34. The number of aliphatic imine (C=N–C) groups is 1. The fourth-order valence-electron chi connectivity index (χ4n) is 3.59. The molecular weight excluding hydrogens is 420 g/mol. The maximum Gasteiger partial charge on any atom is 0.349 e. The molecule has 0 amide bonds. The summed E-state index contributed by atoms with van der Waals surface area (Å²) in [4.78, 5) is 21.5. The lowest BCUT2D eigenvalue weighted by Crippen LogP contribution is -2.08. The molecule has 0 aliphatic rings. The number of methoxy groups -OCH3 is 1. The number of ether oxygens (including phenoxy) is 1. The summed E-state index contributed by atoms with van der Waals surface area (Å²) in [6, 6.07) is 15.9. The predicted octanol–water partition coefficient (Wildman–Crippen LogP) is 4.42. The molecule has 0 bridgehead atoms. The number of para-hydroxylation sites is 1. The van der Waals surface area contributed by atoms with Gasteiger partial charge >= 0.3 is 5.63 Å². The summed E-state index contributed by atoms with van der Waals surface area (Å²) in [5.41, 5.74) is 7.31. The van der Waals surface area contributed by atoms with Gasteiger partial charge in [0.05, 0.1) is 24.0 Å². The monoisotopic (exact) mass is 440 g/mol. The summed E-state index contributed by atoms with van der Waals surface area (Å²) in [7, 11) is 1.56. The van der Waals surface area contributed by atoms with Crippen LogP contribution in [0.1, 0.15) is 18.1 Å². The quantitative estimate of drug-likeness (QED) is 0.272. The van der Waals surface area contributed by atoms with E-state index in [0.717, 1.165) is 0 Å². The van der Waals surface area contributed by atoms with E-state index < -0.39 is 5.63 Å². The van der Waals surface area contributed by atoms with E-state index in [-0.39, 0.29) is 34.2 Å². The normalized spacial score (nSPS) is 11.4. The van der Waals surface area contributed by atoms with E-state index in [1.165, 1.54) is 0 Å². The van der Waals surface area contributed by atoms with Crippen molar-refractivity contribution in [1.82, 2.24) is 4.98 Å². The Balaban J connectivity index is 2.07. The summed E-state index contributed by atoms with van der Waals surface area (Å²) in [5, 5.41) is 21.2. The molecule has 0 atom stereocenters. The van der Waals surface area contributed by atoms with Gasteiger partial charge < -0.3 is 20.0 Å². The molecule has 0 saturated heterocycles. The largest absolute Gasteiger partial charge is 0.506 e. The van der Waals surface area contributed by atoms with Crippen LogP contribution in [0.3, 0.4) is 0 Å². The van der Waals surface area contributed by atoms with Crippen molar-refractivity contribution in [3.63, 3.8) is 0 Å². The molecule has 2 aromatic carbocycles. The van der Waals surface area contributed by atoms with Crippen LogP contribution in [-0.2, 0) is 0 Å². The number of fused-ring (bicyclic) bond motifs is 1. The van der Waals surface area contributed by atoms with Crippen LogP contribution in [-0.4, -0.2) is 23.0 Å². The van der Waals surface area contributed by atoms with Gasteiger partial charge in [0.2, 0.25) is 0 Å². The average molecular weight is 440 g/mol. The molecule has 0 unspecified atom stereocenters. The lowest BCUT2D eigenvalue weighted by molar-refractivity contribution is 0.415. The predicted molar refractivity (Wildman–Crippen MR) is 126 cm³/mol. The Morgan fingerprint density at radius 1 is 1.24 bits per heavy atom. The van der Waals surface area contributed by atoms with Gasteiger partial charge in [-0.2, -0.15) is 5.26 Å². The molecule has 0 spiro atoms. The summed E-state index contributed by atoms with van der Waals surface area (Å²) < 4.78 is 10.7. The molecule has 0 fully saturated rings. The molecule has 0 aliphatic heterocycles. The van der Waals surface area contributed by atoms with Gasteiger partial charge in [0.1, 0.15) is 34.3 Å². The van der Waals surface area contributed by atoms with Crippen molar-refractivity contribution < 1.29 is 14.3 Å². The number of amidine groups is 1. The Kier molecular flexibility index (Phi) is 5.54. The van der Waals surface area contributed by atoms with Crippen LogP contribution in [0.15, 0.2) is 62.7 Å². The van der Waals surface area contributed by atoms with Crippen LogP contribution in [0.25, 0.3) is 33.4 Å². The molecular formula is C25H20N4O4. The van der Waals surface area contributed by atoms with Gasteiger partial charge in [0, 0.05) is 5.56 Å². The molecule has 2 aromatic heterocycles. The van der Waals surface area contributed by atoms with E-state index in [2.05, 4.69) is 16.0 Å². The third-order valence-electron chi connectivity index (χ3n) is 5.15. The van der Waals surface area contributed by atoms with Gasteiger partial charge in [-0.3, -0.25) is 0 Å². The standard InChI is InChI=1S/C25H20N4O4/c1-13-5-4-6-17-22(30)21(25(31)33-23(13)17)20-11-18(15-7-9-16(32-3)10-8-15)19(12-26)24(29-20)28-14(2)27/h4-11,30H,1-3H3,(H2,27,28,29). The zero-order valence-corrected chi connectivity index (χ0v) is 18.2. The van der Waals surface area contributed by atoms with Crippen molar-refractivity contribution in [1.29, 1.82) is 5.26 Å². The highest BCUT2D eigenvalue weighted by Crippen LogP contribution is 2.38. The molecule has 0 saturated carbocycles. The minimum atomic E-state index is -0.758. The molecule has 0 aliphatic carbocycles. The van der Waals surface area contributed by atoms with Gasteiger partial charge in [-0.1, -0.05) is 24.3 Å². The van der Waals surface area contributed by atoms with Crippen molar-refractivity contribution in [2.45, 2.75) is 13.8 Å². The van der Waals surface area contributed by atoms with Crippen LogP contribution >= 0.6 is 0 Å². The Bertz CT molecular complexity index is 1510. The van der Waals surface area contributed by atoms with Gasteiger partial charge in [-0.05, 0) is 49.2 Å². The number of aryl methyl sites for hydroxylation is 1. The van der Waals surface area contributed by atoms with E-state index in [9.17, 15) is 15.2 Å². The maximum absolute atomic E-state index is 12.9. The first-order valence-electron chi connectivity index (χ1n) is 10.00. The molecule has 4 rings (SSSR count). The number of hydrogen-bond acceptors (Lipinski definition) is 7. The molecule has 33 heavy (non-hydrogen) atoms. The van der Waals surface area contributed by atoms with Crippen molar-refractivity contribution in [3.8, 4) is 40.0 Å². The highest BCUT2D eigenvalue weighted by molar-refractivity contribution is 5.92. The second-order valence-electron chi connectivity index (χ2n) is 7.41. The topological polar surface area (TPSA) is 135 Å². The van der Waals surface area contributed by atoms with Crippen LogP contribution < -0.4 is 16.1 Å². The maximum atomic E-state index is 12.9. The van der Waals surface area contributed by atoms with E-state index in [4.69, 9.17) is 14.9 Å². The number of hydrogen-bond donors (Lipinski definition) is 2. The molecule has 8 nitrogen and oxygen atoms in total. The van der Waals surface area contributed by atoms with E-state index in [1.807, 2.05) is 0 Å².